The van der Waals surface area contributed by atoms with E-state index in [2.05, 4.69) is 15.5 Å². The van der Waals surface area contributed by atoms with Gasteiger partial charge in [-0.2, -0.15) is 5.26 Å². The van der Waals surface area contributed by atoms with Crippen LogP contribution in [-0.2, 0) is 6.61 Å². The summed E-state index contributed by atoms with van der Waals surface area (Å²) in [5.41, 5.74) is 3.55. The summed E-state index contributed by atoms with van der Waals surface area (Å²) in [4.78, 5) is 12.3. The van der Waals surface area contributed by atoms with Crippen LogP contribution < -0.4 is 10.1 Å². The Labute approximate surface area is 178 Å². The maximum absolute atomic E-state index is 12.3. The summed E-state index contributed by atoms with van der Waals surface area (Å²) >= 11 is 0. The van der Waals surface area contributed by atoms with Crippen molar-refractivity contribution in [1.29, 1.82) is 5.26 Å². The Morgan fingerprint density at radius 3 is 2.48 bits per heavy atom. The minimum Gasteiger partial charge on any atom is -0.484 e. The molecule has 0 saturated heterocycles. The van der Waals surface area contributed by atoms with E-state index in [1.165, 1.54) is 0 Å². The van der Waals surface area contributed by atoms with Crippen molar-refractivity contribution >= 4 is 11.6 Å². The number of hydrogen-bond acceptors (Lipinski definition) is 6. The molecule has 4 rings (SSSR count). The van der Waals surface area contributed by atoms with Crippen LogP contribution in [0.1, 0.15) is 27.4 Å². The standard InChI is InChI=1S/C24H18N4O3/c1-16-4-2-3-5-21(16)24-28-27-22(31-24)15-30-20-12-10-19(11-13-20)26-23(29)18-8-6-17(14-25)7-9-18/h2-13H,15H2,1H3,(H,26,29). The molecule has 0 saturated carbocycles. The fourth-order valence-electron chi connectivity index (χ4n) is 2.91. The number of aromatic nitrogens is 2. The van der Waals surface area contributed by atoms with E-state index >= 15 is 0 Å². The SMILES string of the molecule is Cc1ccccc1-c1nnc(COc2ccc(NC(=O)c3ccc(C#N)cc3)cc2)o1. The minimum atomic E-state index is -0.257. The van der Waals surface area contributed by atoms with Gasteiger partial charge in [0.25, 0.3) is 11.8 Å². The van der Waals surface area contributed by atoms with E-state index in [9.17, 15) is 4.79 Å². The zero-order valence-electron chi connectivity index (χ0n) is 16.7. The Kier molecular flexibility index (Phi) is 5.72. The minimum absolute atomic E-state index is 0.135. The van der Waals surface area contributed by atoms with Gasteiger partial charge in [-0.25, -0.2) is 0 Å². The van der Waals surface area contributed by atoms with Gasteiger partial charge in [0, 0.05) is 16.8 Å². The molecule has 0 atom stereocenters. The van der Waals surface area contributed by atoms with Crippen LogP contribution in [0.5, 0.6) is 5.75 Å². The van der Waals surface area contributed by atoms with E-state index < -0.39 is 0 Å². The number of amides is 1. The quantitative estimate of drug-likeness (QED) is 0.492. The molecule has 1 N–H and O–H groups in total. The highest BCUT2D eigenvalue weighted by Crippen LogP contribution is 2.22. The van der Waals surface area contributed by atoms with Crippen LogP contribution in [0.3, 0.4) is 0 Å². The van der Waals surface area contributed by atoms with Gasteiger partial charge in [-0.05, 0) is 67.1 Å². The zero-order chi connectivity index (χ0) is 21.6. The predicted octanol–water partition coefficient (Wildman–Crippen LogP) is 4.75. The third-order valence-corrected chi connectivity index (χ3v) is 4.59. The molecule has 0 aliphatic rings. The third-order valence-electron chi connectivity index (χ3n) is 4.59. The van der Waals surface area contributed by atoms with Crippen LogP contribution in [0, 0.1) is 18.3 Å². The van der Waals surface area contributed by atoms with Gasteiger partial charge in [-0.3, -0.25) is 4.79 Å². The average Bonchev–Trinajstić information content (AvgIpc) is 3.28. The highest BCUT2D eigenvalue weighted by Gasteiger charge is 2.11. The molecule has 1 heterocycles. The van der Waals surface area contributed by atoms with E-state index in [1.807, 2.05) is 37.3 Å². The predicted molar refractivity (Wildman–Crippen MR) is 114 cm³/mol. The summed E-state index contributed by atoms with van der Waals surface area (Å²) < 4.78 is 11.4. The van der Waals surface area contributed by atoms with E-state index in [0.717, 1.165) is 11.1 Å². The fraction of sp³-hybridized carbons (Fsp3) is 0.0833. The third kappa shape index (κ3) is 4.77. The molecule has 0 aliphatic carbocycles. The molecule has 0 radical (unpaired) electrons. The Morgan fingerprint density at radius 2 is 1.77 bits per heavy atom. The number of carbonyl (C=O) groups excluding carboxylic acids is 1. The maximum atomic E-state index is 12.3. The van der Waals surface area contributed by atoms with Crippen molar-refractivity contribution in [3.8, 4) is 23.3 Å². The van der Waals surface area contributed by atoms with E-state index in [-0.39, 0.29) is 12.5 Å². The monoisotopic (exact) mass is 410 g/mol. The van der Waals surface area contributed by atoms with Crippen molar-refractivity contribution in [2.45, 2.75) is 13.5 Å². The molecule has 1 amide bonds. The van der Waals surface area contributed by atoms with Gasteiger partial charge in [0.05, 0.1) is 11.6 Å². The molecule has 0 bridgehead atoms. The number of aryl methyl sites for hydroxylation is 1. The van der Waals surface area contributed by atoms with E-state index in [1.54, 1.807) is 48.5 Å². The number of rotatable bonds is 6. The van der Waals surface area contributed by atoms with Crippen molar-refractivity contribution in [3.05, 3.63) is 95.4 Å². The average molecular weight is 410 g/mol. The lowest BCUT2D eigenvalue weighted by atomic mass is 10.1. The molecule has 0 fully saturated rings. The molecule has 31 heavy (non-hydrogen) atoms. The Balaban J connectivity index is 1.34. The molecule has 1 aromatic heterocycles. The van der Waals surface area contributed by atoms with Crippen LogP contribution in [-0.4, -0.2) is 16.1 Å². The number of nitriles is 1. The van der Waals surface area contributed by atoms with Crippen molar-refractivity contribution in [3.63, 3.8) is 0 Å². The number of benzene rings is 3. The second kappa shape index (κ2) is 8.93. The smallest absolute Gasteiger partial charge is 0.255 e. The summed E-state index contributed by atoms with van der Waals surface area (Å²) in [5, 5.41) is 19.8. The number of anilines is 1. The Bertz CT molecular complexity index is 1240. The van der Waals surface area contributed by atoms with Gasteiger partial charge in [0.1, 0.15) is 5.75 Å². The highest BCUT2D eigenvalue weighted by molar-refractivity contribution is 6.04. The van der Waals surface area contributed by atoms with Crippen LogP contribution >= 0.6 is 0 Å². The molecule has 0 unspecified atom stereocenters. The van der Waals surface area contributed by atoms with Crippen LogP contribution in [0.15, 0.2) is 77.2 Å². The first kappa shape index (κ1) is 19.9. The lowest BCUT2D eigenvalue weighted by molar-refractivity contribution is 0.102. The zero-order valence-corrected chi connectivity index (χ0v) is 16.7. The highest BCUT2D eigenvalue weighted by atomic mass is 16.5. The second-order valence-corrected chi connectivity index (χ2v) is 6.77. The number of nitrogens with zero attached hydrogens (tertiary/aromatic N) is 3. The normalized spacial score (nSPS) is 10.3. The lowest BCUT2D eigenvalue weighted by Gasteiger charge is -2.07. The molecule has 7 heteroatoms. The summed E-state index contributed by atoms with van der Waals surface area (Å²) in [6.45, 7) is 2.12. The Morgan fingerprint density at radius 1 is 1.03 bits per heavy atom. The number of nitrogens with one attached hydrogen (secondary N) is 1. The summed E-state index contributed by atoms with van der Waals surface area (Å²) in [7, 11) is 0. The van der Waals surface area contributed by atoms with E-state index in [4.69, 9.17) is 14.4 Å². The second-order valence-electron chi connectivity index (χ2n) is 6.77. The number of hydrogen-bond donors (Lipinski definition) is 1. The van der Waals surface area contributed by atoms with Crippen molar-refractivity contribution in [2.75, 3.05) is 5.32 Å². The van der Waals surface area contributed by atoms with Gasteiger partial charge in [0.15, 0.2) is 6.61 Å². The molecule has 3 aromatic carbocycles. The number of ether oxygens (including phenoxy) is 1. The first-order valence-electron chi connectivity index (χ1n) is 9.55. The largest absolute Gasteiger partial charge is 0.484 e. The van der Waals surface area contributed by atoms with Gasteiger partial charge in [0.2, 0.25) is 5.89 Å². The van der Waals surface area contributed by atoms with Gasteiger partial charge in [-0.15, -0.1) is 10.2 Å². The molecule has 0 spiro atoms. The number of carbonyl (C=O) groups is 1. The lowest BCUT2D eigenvalue weighted by Crippen LogP contribution is -2.11. The van der Waals surface area contributed by atoms with Crippen LogP contribution in [0.2, 0.25) is 0 Å². The summed E-state index contributed by atoms with van der Waals surface area (Å²) in [5.74, 6) is 1.17. The first-order valence-corrected chi connectivity index (χ1v) is 9.55. The van der Waals surface area contributed by atoms with E-state index in [0.29, 0.717) is 34.3 Å². The molecular formula is C24H18N4O3. The van der Waals surface area contributed by atoms with Crippen LogP contribution in [0.4, 0.5) is 5.69 Å². The first-order chi connectivity index (χ1) is 15.1. The molecule has 152 valence electrons. The molecule has 0 aliphatic heterocycles. The van der Waals surface area contributed by atoms with Gasteiger partial charge >= 0.3 is 0 Å². The fourth-order valence-corrected chi connectivity index (χ4v) is 2.91. The maximum Gasteiger partial charge on any atom is 0.255 e. The van der Waals surface area contributed by atoms with Crippen molar-refractivity contribution in [2.24, 2.45) is 0 Å². The molecule has 7 nitrogen and oxygen atoms in total. The molecule has 4 aromatic rings. The van der Waals surface area contributed by atoms with Gasteiger partial charge in [-0.1, -0.05) is 18.2 Å². The topological polar surface area (TPSA) is 101 Å². The summed E-state index contributed by atoms with van der Waals surface area (Å²) in [6.07, 6.45) is 0. The Hall–Kier alpha value is -4.44. The summed E-state index contributed by atoms with van der Waals surface area (Å²) in [6, 6.07) is 23.2. The molecular weight excluding hydrogens is 392 g/mol. The van der Waals surface area contributed by atoms with Gasteiger partial charge < -0.3 is 14.5 Å². The van der Waals surface area contributed by atoms with Crippen LogP contribution in [0.25, 0.3) is 11.5 Å². The van der Waals surface area contributed by atoms with Crippen molar-refractivity contribution < 1.29 is 13.9 Å². The van der Waals surface area contributed by atoms with Crippen molar-refractivity contribution in [1.82, 2.24) is 10.2 Å².